The summed E-state index contributed by atoms with van der Waals surface area (Å²) < 4.78 is 11.3. The van der Waals surface area contributed by atoms with E-state index in [0.29, 0.717) is 35.6 Å². The predicted molar refractivity (Wildman–Crippen MR) is 95.3 cm³/mol. The van der Waals surface area contributed by atoms with Gasteiger partial charge in [-0.2, -0.15) is 0 Å². The molecule has 8 heteroatoms. The van der Waals surface area contributed by atoms with Crippen molar-refractivity contribution >= 4 is 27.8 Å². The van der Waals surface area contributed by atoms with Crippen LogP contribution in [0, 0.1) is 5.92 Å². The molecular weight excluding hydrogens is 390 g/mol. The van der Waals surface area contributed by atoms with Gasteiger partial charge in [-0.15, -0.1) is 0 Å². The lowest BCUT2D eigenvalue weighted by Crippen LogP contribution is -2.39. The van der Waals surface area contributed by atoms with Gasteiger partial charge in [-0.3, -0.25) is 9.78 Å². The van der Waals surface area contributed by atoms with Crippen molar-refractivity contribution in [1.29, 1.82) is 0 Å². The Morgan fingerprint density at radius 3 is 2.72 bits per heavy atom. The van der Waals surface area contributed by atoms with Crippen molar-refractivity contribution in [2.45, 2.75) is 52.2 Å². The maximum atomic E-state index is 12.6. The third kappa shape index (κ3) is 5.95. The van der Waals surface area contributed by atoms with Crippen LogP contribution in [0.2, 0.25) is 0 Å². The first kappa shape index (κ1) is 19.6. The number of aromatic nitrogens is 2. The lowest BCUT2D eigenvalue weighted by Gasteiger charge is -2.29. The normalized spacial score (nSPS) is 17.5. The number of ketones is 1. The number of nitrogens with zero attached hydrogens (tertiary/aromatic N) is 3. The Kier molecular flexibility index (Phi) is 6.37. The average Bonchev–Trinajstić information content (AvgIpc) is 2.91. The molecule has 0 aromatic carbocycles. The highest BCUT2D eigenvalue weighted by Gasteiger charge is 2.29. The van der Waals surface area contributed by atoms with Crippen LogP contribution in [0.15, 0.2) is 10.8 Å². The van der Waals surface area contributed by atoms with Crippen molar-refractivity contribution < 1.29 is 19.1 Å². The van der Waals surface area contributed by atoms with Crippen molar-refractivity contribution in [3.05, 3.63) is 16.5 Å². The van der Waals surface area contributed by atoms with Gasteiger partial charge < -0.3 is 14.4 Å². The Bertz CT molecular complexity index is 645. The third-order valence-electron chi connectivity index (χ3n) is 3.79. The summed E-state index contributed by atoms with van der Waals surface area (Å²) in [7, 11) is 1.51. The van der Waals surface area contributed by atoms with E-state index in [1.165, 1.54) is 7.11 Å². The van der Waals surface area contributed by atoms with Crippen LogP contribution in [0.1, 0.15) is 45.7 Å². The summed E-state index contributed by atoms with van der Waals surface area (Å²) in [6.07, 6.45) is 3.00. The highest BCUT2D eigenvalue weighted by atomic mass is 79.9. The molecule has 1 fully saturated rings. The van der Waals surface area contributed by atoms with Gasteiger partial charge in [-0.25, -0.2) is 9.78 Å². The fraction of sp³-hybridized carbons (Fsp3) is 0.647. The first-order valence-corrected chi connectivity index (χ1v) is 9.02. The summed E-state index contributed by atoms with van der Waals surface area (Å²) in [5.74, 6) is 0.745. The van der Waals surface area contributed by atoms with Gasteiger partial charge in [0.1, 0.15) is 21.7 Å². The van der Waals surface area contributed by atoms with E-state index in [1.807, 2.05) is 20.8 Å². The summed E-state index contributed by atoms with van der Waals surface area (Å²) in [6, 6.07) is 0. The maximum absolute atomic E-state index is 12.6. The Morgan fingerprint density at radius 2 is 2.16 bits per heavy atom. The van der Waals surface area contributed by atoms with Crippen LogP contribution in [0.5, 0.6) is 5.88 Å². The standard InChI is InChI=1S/C17H24BrN3O4/c1-17(2,3)25-16(23)21(9-11-5-6-12(22)7-11)10-13-15(24-4)20-14(18)8-19-13/h8,11H,5-7,9-10H2,1-4H3/t11-/m1/s1. The average molecular weight is 414 g/mol. The molecule has 138 valence electrons. The Morgan fingerprint density at radius 1 is 1.44 bits per heavy atom. The molecule has 0 unspecified atom stereocenters. The van der Waals surface area contributed by atoms with Gasteiger partial charge in [-0.05, 0) is 49.0 Å². The third-order valence-corrected chi connectivity index (χ3v) is 4.18. The molecule has 1 heterocycles. The molecule has 7 nitrogen and oxygen atoms in total. The van der Waals surface area contributed by atoms with Crippen LogP contribution in [0.25, 0.3) is 0 Å². The number of carbonyl (C=O) groups excluding carboxylic acids is 2. The highest BCUT2D eigenvalue weighted by molar-refractivity contribution is 9.10. The van der Waals surface area contributed by atoms with Gasteiger partial charge in [0.25, 0.3) is 0 Å². The van der Waals surface area contributed by atoms with Crippen LogP contribution in [0.4, 0.5) is 4.79 Å². The predicted octanol–water partition coefficient (Wildman–Crippen LogP) is 3.35. The van der Waals surface area contributed by atoms with Gasteiger partial charge in [0.15, 0.2) is 0 Å². The molecule has 1 aromatic rings. The van der Waals surface area contributed by atoms with E-state index in [9.17, 15) is 9.59 Å². The van der Waals surface area contributed by atoms with Crippen LogP contribution in [-0.2, 0) is 16.1 Å². The van der Waals surface area contributed by atoms with Crippen molar-refractivity contribution in [3.63, 3.8) is 0 Å². The fourth-order valence-electron chi connectivity index (χ4n) is 2.72. The van der Waals surface area contributed by atoms with Crippen molar-refractivity contribution in [2.75, 3.05) is 13.7 Å². The SMILES string of the molecule is COc1nc(Br)cnc1CN(C[C@@H]1CCC(=O)C1)C(=O)OC(C)(C)C. The monoisotopic (exact) mass is 413 g/mol. The number of Topliss-reactive ketones (excluding diaryl/α,β-unsaturated/α-hetero) is 1. The van der Waals surface area contributed by atoms with Gasteiger partial charge >= 0.3 is 6.09 Å². The molecule has 0 radical (unpaired) electrons. The molecule has 1 atom stereocenters. The maximum Gasteiger partial charge on any atom is 0.410 e. The van der Waals surface area contributed by atoms with E-state index in [-0.39, 0.29) is 18.2 Å². The summed E-state index contributed by atoms with van der Waals surface area (Å²) in [5.41, 5.74) is -0.0584. The quantitative estimate of drug-likeness (QED) is 0.735. The Balaban J connectivity index is 2.18. The number of halogens is 1. The van der Waals surface area contributed by atoms with Crippen LogP contribution in [0.3, 0.4) is 0 Å². The summed E-state index contributed by atoms with van der Waals surface area (Å²) in [6.45, 7) is 6.12. The van der Waals surface area contributed by atoms with Crippen molar-refractivity contribution in [3.8, 4) is 5.88 Å². The van der Waals surface area contributed by atoms with E-state index in [0.717, 1.165) is 6.42 Å². The molecule has 0 saturated heterocycles. The molecule has 25 heavy (non-hydrogen) atoms. The van der Waals surface area contributed by atoms with Crippen molar-refractivity contribution in [2.24, 2.45) is 5.92 Å². The number of carbonyl (C=O) groups is 2. The summed E-state index contributed by atoms with van der Waals surface area (Å²) in [5, 5.41) is 0. The summed E-state index contributed by atoms with van der Waals surface area (Å²) in [4.78, 5) is 34.3. The van der Waals surface area contributed by atoms with E-state index in [1.54, 1.807) is 11.1 Å². The minimum Gasteiger partial charge on any atom is -0.480 e. The molecule has 1 aromatic heterocycles. The molecule has 1 aliphatic rings. The lowest BCUT2D eigenvalue weighted by atomic mass is 10.1. The van der Waals surface area contributed by atoms with Crippen molar-refractivity contribution in [1.82, 2.24) is 14.9 Å². The Labute approximate surface area is 156 Å². The van der Waals surface area contributed by atoms with E-state index >= 15 is 0 Å². The molecule has 1 amide bonds. The molecule has 0 N–H and O–H groups in total. The summed E-state index contributed by atoms with van der Waals surface area (Å²) >= 11 is 3.25. The number of rotatable bonds is 5. The van der Waals surface area contributed by atoms with Gasteiger partial charge in [0, 0.05) is 19.4 Å². The Hall–Kier alpha value is -1.70. The minimum atomic E-state index is -0.601. The second-order valence-electron chi connectivity index (χ2n) is 7.16. The topological polar surface area (TPSA) is 81.6 Å². The molecule has 2 rings (SSSR count). The largest absolute Gasteiger partial charge is 0.480 e. The zero-order chi connectivity index (χ0) is 18.6. The molecule has 0 aliphatic heterocycles. The number of amides is 1. The van der Waals surface area contributed by atoms with E-state index < -0.39 is 11.7 Å². The molecular formula is C17H24BrN3O4. The number of hydrogen-bond donors (Lipinski definition) is 0. The second kappa shape index (κ2) is 8.12. The zero-order valence-electron chi connectivity index (χ0n) is 15.0. The highest BCUT2D eigenvalue weighted by Crippen LogP contribution is 2.26. The second-order valence-corrected chi connectivity index (χ2v) is 7.97. The first-order chi connectivity index (χ1) is 11.7. The number of hydrogen-bond acceptors (Lipinski definition) is 6. The molecule has 1 aliphatic carbocycles. The smallest absolute Gasteiger partial charge is 0.410 e. The van der Waals surface area contributed by atoms with E-state index in [2.05, 4.69) is 25.9 Å². The van der Waals surface area contributed by atoms with Gasteiger partial charge in [-0.1, -0.05) is 0 Å². The fourth-order valence-corrected chi connectivity index (χ4v) is 2.98. The number of methoxy groups -OCH3 is 1. The van der Waals surface area contributed by atoms with Crippen LogP contribution >= 0.6 is 15.9 Å². The lowest BCUT2D eigenvalue weighted by molar-refractivity contribution is -0.117. The molecule has 0 spiro atoms. The zero-order valence-corrected chi connectivity index (χ0v) is 16.6. The van der Waals surface area contributed by atoms with Gasteiger partial charge in [0.05, 0.1) is 19.9 Å². The van der Waals surface area contributed by atoms with Gasteiger partial charge in [0.2, 0.25) is 5.88 Å². The molecule has 0 bridgehead atoms. The first-order valence-electron chi connectivity index (χ1n) is 8.23. The van der Waals surface area contributed by atoms with E-state index in [4.69, 9.17) is 9.47 Å². The molecule has 1 saturated carbocycles. The number of ether oxygens (including phenoxy) is 2. The minimum absolute atomic E-state index is 0.148. The van der Waals surface area contributed by atoms with Crippen LogP contribution in [-0.4, -0.2) is 46.0 Å². The van der Waals surface area contributed by atoms with Crippen LogP contribution < -0.4 is 4.74 Å².